The first-order chi connectivity index (χ1) is 14.7. The van der Waals surface area contributed by atoms with E-state index in [0.29, 0.717) is 11.0 Å². The Kier molecular flexibility index (Phi) is 7.06. The van der Waals surface area contributed by atoms with E-state index in [1.807, 2.05) is 32.9 Å². The molecule has 0 fully saturated rings. The van der Waals surface area contributed by atoms with Crippen LogP contribution >= 0.6 is 11.8 Å². The number of rotatable bonds is 7. The molecule has 0 bridgehead atoms. The predicted molar refractivity (Wildman–Crippen MR) is 120 cm³/mol. The van der Waals surface area contributed by atoms with E-state index < -0.39 is 11.7 Å². The first-order valence-electron chi connectivity index (χ1n) is 9.67. The highest BCUT2D eigenvalue weighted by atomic mass is 32.2. The van der Waals surface area contributed by atoms with Crippen molar-refractivity contribution in [2.45, 2.75) is 32.3 Å². The third kappa shape index (κ3) is 5.69. The van der Waals surface area contributed by atoms with E-state index in [0.717, 1.165) is 22.4 Å². The average Bonchev–Trinajstić information content (AvgIpc) is 3.04. The van der Waals surface area contributed by atoms with Crippen LogP contribution in [0.25, 0.3) is 0 Å². The summed E-state index contributed by atoms with van der Waals surface area (Å²) < 4.78 is 15.3. The molecule has 162 valence electrons. The van der Waals surface area contributed by atoms with Gasteiger partial charge in [0.2, 0.25) is 11.8 Å². The standard InChI is InChI=1S/C22H24FN5O2S/c1-13-9-14(2)21(15(3)10-13)25-20(30)12-31-22-27-26-18(28(22)4)11-19(29)24-17-8-6-5-7-16(17)23/h5-10H,11-12H2,1-4H3,(H,24,29)(H,25,30). The number of aromatic nitrogens is 3. The van der Waals surface area contributed by atoms with Crippen molar-refractivity contribution in [3.8, 4) is 0 Å². The molecule has 2 N–H and O–H groups in total. The van der Waals surface area contributed by atoms with Crippen molar-refractivity contribution in [2.24, 2.45) is 7.05 Å². The van der Waals surface area contributed by atoms with Crippen LogP contribution in [0.15, 0.2) is 41.6 Å². The number of aryl methyl sites for hydroxylation is 3. The molecule has 0 aliphatic heterocycles. The van der Waals surface area contributed by atoms with E-state index >= 15 is 0 Å². The van der Waals surface area contributed by atoms with E-state index in [-0.39, 0.29) is 23.8 Å². The number of hydrogen-bond donors (Lipinski definition) is 2. The smallest absolute Gasteiger partial charge is 0.234 e. The molecule has 0 atom stereocenters. The fraction of sp³-hybridized carbons (Fsp3) is 0.273. The Morgan fingerprint density at radius 2 is 1.71 bits per heavy atom. The molecule has 31 heavy (non-hydrogen) atoms. The lowest BCUT2D eigenvalue weighted by molar-refractivity contribution is -0.116. The van der Waals surface area contributed by atoms with Gasteiger partial charge in [0.25, 0.3) is 0 Å². The molecule has 1 heterocycles. The van der Waals surface area contributed by atoms with Crippen LogP contribution in [-0.2, 0) is 23.1 Å². The summed E-state index contributed by atoms with van der Waals surface area (Å²) in [6.45, 7) is 5.94. The molecule has 0 saturated heterocycles. The number of nitrogens with one attached hydrogen (secondary N) is 2. The lowest BCUT2D eigenvalue weighted by Crippen LogP contribution is -2.18. The lowest BCUT2D eigenvalue weighted by atomic mass is 10.1. The molecule has 2 aromatic carbocycles. The summed E-state index contributed by atoms with van der Waals surface area (Å²) in [5, 5.41) is 14.1. The van der Waals surface area contributed by atoms with Gasteiger partial charge in [-0.3, -0.25) is 9.59 Å². The Balaban J connectivity index is 1.57. The van der Waals surface area contributed by atoms with Crippen molar-refractivity contribution >= 4 is 35.0 Å². The Morgan fingerprint density at radius 3 is 2.39 bits per heavy atom. The van der Waals surface area contributed by atoms with Gasteiger partial charge in [-0.05, 0) is 44.0 Å². The topological polar surface area (TPSA) is 88.9 Å². The second kappa shape index (κ2) is 9.74. The number of benzene rings is 2. The number of hydrogen-bond acceptors (Lipinski definition) is 5. The number of halogens is 1. The maximum Gasteiger partial charge on any atom is 0.234 e. The largest absolute Gasteiger partial charge is 0.325 e. The minimum atomic E-state index is -0.505. The molecule has 7 nitrogen and oxygen atoms in total. The Bertz CT molecular complexity index is 1110. The van der Waals surface area contributed by atoms with Gasteiger partial charge in [0.15, 0.2) is 5.16 Å². The van der Waals surface area contributed by atoms with Crippen molar-refractivity contribution in [2.75, 3.05) is 16.4 Å². The van der Waals surface area contributed by atoms with Crippen LogP contribution in [0.1, 0.15) is 22.5 Å². The van der Waals surface area contributed by atoms with Gasteiger partial charge in [-0.25, -0.2) is 4.39 Å². The van der Waals surface area contributed by atoms with Crippen LogP contribution in [0.5, 0.6) is 0 Å². The summed E-state index contributed by atoms with van der Waals surface area (Å²) in [7, 11) is 1.72. The zero-order chi connectivity index (χ0) is 22.5. The van der Waals surface area contributed by atoms with Gasteiger partial charge in [0, 0.05) is 12.7 Å². The number of anilines is 2. The fourth-order valence-electron chi connectivity index (χ4n) is 3.21. The zero-order valence-electron chi connectivity index (χ0n) is 17.8. The Labute approximate surface area is 184 Å². The Hall–Kier alpha value is -3.20. The molecule has 1 aromatic heterocycles. The molecule has 0 unspecified atom stereocenters. The molecule has 0 saturated carbocycles. The van der Waals surface area contributed by atoms with Crippen LogP contribution in [-0.4, -0.2) is 32.3 Å². The molecule has 3 aromatic rings. The highest BCUT2D eigenvalue weighted by Crippen LogP contribution is 2.23. The number of amides is 2. The van der Waals surface area contributed by atoms with Gasteiger partial charge in [-0.1, -0.05) is 41.6 Å². The van der Waals surface area contributed by atoms with Gasteiger partial charge >= 0.3 is 0 Å². The predicted octanol–water partition coefficient (Wildman–Crippen LogP) is 3.79. The molecular formula is C22H24FN5O2S. The molecule has 3 rings (SSSR count). The fourth-order valence-corrected chi connectivity index (χ4v) is 3.94. The summed E-state index contributed by atoms with van der Waals surface area (Å²) in [4.78, 5) is 24.6. The average molecular weight is 442 g/mol. The number of carbonyl (C=O) groups is 2. The molecule has 2 amide bonds. The third-order valence-electron chi connectivity index (χ3n) is 4.67. The van der Waals surface area contributed by atoms with E-state index in [9.17, 15) is 14.0 Å². The maximum absolute atomic E-state index is 13.7. The SMILES string of the molecule is Cc1cc(C)c(NC(=O)CSc2nnc(CC(=O)Nc3ccccc3F)n2C)c(C)c1. The van der Waals surface area contributed by atoms with Gasteiger partial charge in [-0.15, -0.1) is 10.2 Å². The van der Waals surface area contributed by atoms with E-state index in [2.05, 4.69) is 20.8 Å². The Morgan fingerprint density at radius 1 is 1.03 bits per heavy atom. The van der Waals surface area contributed by atoms with Gasteiger partial charge in [0.1, 0.15) is 11.6 Å². The van der Waals surface area contributed by atoms with Gasteiger partial charge in [0.05, 0.1) is 17.9 Å². The van der Waals surface area contributed by atoms with Crippen molar-refractivity contribution in [3.63, 3.8) is 0 Å². The van der Waals surface area contributed by atoms with Crippen molar-refractivity contribution in [1.29, 1.82) is 0 Å². The van der Waals surface area contributed by atoms with E-state index in [1.54, 1.807) is 23.7 Å². The van der Waals surface area contributed by atoms with E-state index in [1.165, 1.54) is 23.9 Å². The van der Waals surface area contributed by atoms with Crippen LogP contribution in [0.3, 0.4) is 0 Å². The normalized spacial score (nSPS) is 10.7. The number of carbonyl (C=O) groups excluding carboxylic acids is 2. The minimum absolute atomic E-state index is 0.0631. The summed E-state index contributed by atoms with van der Waals surface area (Å²) in [5.74, 6) is -0.487. The molecule has 0 aliphatic carbocycles. The van der Waals surface area contributed by atoms with Gasteiger partial charge in [-0.2, -0.15) is 0 Å². The number of thioether (sulfide) groups is 1. The molecule has 9 heteroatoms. The highest BCUT2D eigenvalue weighted by Gasteiger charge is 2.16. The lowest BCUT2D eigenvalue weighted by Gasteiger charge is -2.12. The van der Waals surface area contributed by atoms with Crippen LogP contribution < -0.4 is 10.6 Å². The van der Waals surface area contributed by atoms with E-state index in [4.69, 9.17) is 0 Å². The minimum Gasteiger partial charge on any atom is -0.325 e. The summed E-state index contributed by atoms with van der Waals surface area (Å²) in [5.41, 5.74) is 4.10. The highest BCUT2D eigenvalue weighted by molar-refractivity contribution is 7.99. The van der Waals surface area contributed by atoms with Crippen molar-refractivity contribution in [1.82, 2.24) is 14.8 Å². The van der Waals surface area contributed by atoms with Crippen molar-refractivity contribution in [3.05, 3.63) is 64.7 Å². The zero-order valence-corrected chi connectivity index (χ0v) is 18.6. The summed E-state index contributed by atoms with van der Waals surface area (Å²) in [6.07, 6.45) is -0.0631. The van der Waals surface area contributed by atoms with Crippen LogP contribution in [0.4, 0.5) is 15.8 Å². The summed E-state index contributed by atoms with van der Waals surface area (Å²) in [6, 6.07) is 10.0. The maximum atomic E-state index is 13.7. The molecule has 0 aliphatic rings. The molecule has 0 radical (unpaired) electrons. The monoisotopic (exact) mass is 441 g/mol. The molecular weight excluding hydrogens is 417 g/mol. The van der Waals surface area contributed by atoms with Crippen LogP contribution in [0.2, 0.25) is 0 Å². The second-order valence-electron chi connectivity index (χ2n) is 7.27. The second-order valence-corrected chi connectivity index (χ2v) is 8.22. The summed E-state index contributed by atoms with van der Waals surface area (Å²) >= 11 is 1.23. The number of nitrogens with zero attached hydrogens (tertiary/aromatic N) is 3. The number of para-hydroxylation sites is 1. The molecule has 0 spiro atoms. The van der Waals surface area contributed by atoms with Gasteiger partial charge < -0.3 is 15.2 Å². The van der Waals surface area contributed by atoms with Crippen LogP contribution in [0, 0.1) is 26.6 Å². The first-order valence-corrected chi connectivity index (χ1v) is 10.7. The van der Waals surface area contributed by atoms with Crippen molar-refractivity contribution < 1.29 is 14.0 Å². The first kappa shape index (κ1) is 22.5. The quantitative estimate of drug-likeness (QED) is 0.545. The third-order valence-corrected chi connectivity index (χ3v) is 5.69.